The molecule has 15 heavy (non-hydrogen) atoms. The zero-order valence-electron chi connectivity index (χ0n) is 9.79. The van der Waals surface area contributed by atoms with Crippen molar-refractivity contribution in [2.24, 2.45) is 5.92 Å². The Morgan fingerprint density at radius 2 is 1.93 bits per heavy atom. The molecule has 0 aromatic heterocycles. The molecule has 2 rings (SSSR count). The van der Waals surface area contributed by atoms with Crippen molar-refractivity contribution in [2.75, 3.05) is 0 Å². The molecule has 0 spiro atoms. The molecule has 1 aliphatic carbocycles. The van der Waals surface area contributed by atoms with Crippen molar-refractivity contribution in [1.29, 1.82) is 0 Å². The van der Waals surface area contributed by atoms with Crippen LogP contribution >= 0.6 is 0 Å². The Labute approximate surface area is 92.9 Å². The molecule has 0 amide bonds. The van der Waals surface area contributed by atoms with Gasteiger partial charge in [0.15, 0.2) is 0 Å². The molecule has 1 N–H and O–H groups in total. The summed E-state index contributed by atoms with van der Waals surface area (Å²) in [5.41, 5.74) is 2.74. The van der Waals surface area contributed by atoms with Gasteiger partial charge in [0.25, 0.3) is 0 Å². The van der Waals surface area contributed by atoms with Crippen LogP contribution in [0.2, 0.25) is 0 Å². The van der Waals surface area contributed by atoms with Crippen molar-refractivity contribution >= 4 is 0 Å². The second-order valence-corrected chi connectivity index (χ2v) is 4.72. The van der Waals surface area contributed by atoms with Crippen LogP contribution in [-0.4, -0.2) is 6.04 Å². The predicted octanol–water partition coefficient (Wildman–Crippen LogP) is 3.27. The minimum absolute atomic E-state index is 0.742. The van der Waals surface area contributed by atoms with E-state index >= 15 is 0 Å². The first-order valence-corrected chi connectivity index (χ1v) is 6.08. The van der Waals surface area contributed by atoms with Crippen LogP contribution in [0, 0.1) is 12.8 Å². The van der Waals surface area contributed by atoms with Crippen LogP contribution in [0.15, 0.2) is 24.3 Å². The molecule has 0 bridgehead atoms. The van der Waals surface area contributed by atoms with Crippen molar-refractivity contribution in [3.63, 3.8) is 0 Å². The second-order valence-electron chi connectivity index (χ2n) is 4.72. The third-order valence-corrected chi connectivity index (χ3v) is 3.32. The minimum atomic E-state index is 0.742. The highest BCUT2D eigenvalue weighted by molar-refractivity contribution is 5.21. The van der Waals surface area contributed by atoms with Gasteiger partial charge in [0, 0.05) is 12.6 Å². The number of benzene rings is 1. The highest BCUT2D eigenvalue weighted by atomic mass is 14.9. The van der Waals surface area contributed by atoms with Crippen LogP contribution in [-0.2, 0) is 6.54 Å². The lowest BCUT2D eigenvalue weighted by Gasteiger charge is -2.16. The second kappa shape index (κ2) is 4.80. The average molecular weight is 203 g/mol. The van der Waals surface area contributed by atoms with E-state index in [0.717, 1.165) is 18.5 Å². The Morgan fingerprint density at radius 3 is 2.47 bits per heavy atom. The fourth-order valence-electron chi connectivity index (χ4n) is 2.10. The summed E-state index contributed by atoms with van der Waals surface area (Å²) in [6.45, 7) is 5.44. The Morgan fingerprint density at radius 1 is 1.27 bits per heavy atom. The molecule has 1 atom stereocenters. The van der Waals surface area contributed by atoms with E-state index in [1.54, 1.807) is 0 Å². The monoisotopic (exact) mass is 203 g/mol. The van der Waals surface area contributed by atoms with Crippen molar-refractivity contribution in [2.45, 2.75) is 45.7 Å². The van der Waals surface area contributed by atoms with Gasteiger partial charge >= 0.3 is 0 Å². The van der Waals surface area contributed by atoms with Crippen molar-refractivity contribution in [3.05, 3.63) is 35.4 Å². The van der Waals surface area contributed by atoms with Gasteiger partial charge in [-0.3, -0.25) is 0 Å². The maximum Gasteiger partial charge on any atom is 0.0208 e. The van der Waals surface area contributed by atoms with Gasteiger partial charge in [-0.2, -0.15) is 0 Å². The van der Waals surface area contributed by atoms with Crippen LogP contribution in [0.5, 0.6) is 0 Å². The zero-order chi connectivity index (χ0) is 10.7. The van der Waals surface area contributed by atoms with E-state index in [-0.39, 0.29) is 0 Å². The molecule has 82 valence electrons. The molecule has 1 saturated carbocycles. The van der Waals surface area contributed by atoms with Crippen LogP contribution in [0.4, 0.5) is 0 Å². The lowest BCUT2D eigenvalue weighted by Crippen LogP contribution is -2.29. The summed E-state index contributed by atoms with van der Waals surface area (Å²) in [5.74, 6) is 0.959. The quantitative estimate of drug-likeness (QED) is 0.774. The Kier molecular flexibility index (Phi) is 3.42. The standard InChI is InChI=1S/C14H21N/c1-3-14(13-8-9-13)15-10-12-6-4-11(2)5-7-12/h4-7,13-15H,3,8-10H2,1-2H3. The maximum absolute atomic E-state index is 3.67. The molecule has 0 aliphatic heterocycles. The highest BCUT2D eigenvalue weighted by Crippen LogP contribution is 2.33. The lowest BCUT2D eigenvalue weighted by molar-refractivity contribution is 0.449. The van der Waals surface area contributed by atoms with Crippen LogP contribution in [0.1, 0.15) is 37.3 Å². The summed E-state index contributed by atoms with van der Waals surface area (Å²) < 4.78 is 0. The third-order valence-electron chi connectivity index (χ3n) is 3.32. The van der Waals surface area contributed by atoms with Crippen molar-refractivity contribution in [3.8, 4) is 0 Å². The number of nitrogens with one attached hydrogen (secondary N) is 1. The summed E-state index contributed by atoms with van der Waals surface area (Å²) in [4.78, 5) is 0. The van der Waals surface area contributed by atoms with E-state index in [9.17, 15) is 0 Å². The molecule has 1 unspecified atom stereocenters. The average Bonchev–Trinajstić information content (AvgIpc) is 3.06. The fourth-order valence-corrected chi connectivity index (χ4v) is 2.10. The van der Waals surface area contributed by atoms with Crippen LogP contribution in [0.25, 0.3) is 0 Å². The topological polar surface area (TPSA) is 12.0 Å². The molecule has 1 aromatic rings. The molecular weight excluding hydrogens is 182 g/mol. The van der Waals surface area contributed by atoms with Gasteiger partial charge in [-0.1, -0.05) is 36.8 Å². The molecule has 0 heterocycles. The third kappa shape index (κ3) is 3.07. The van der Waals surface area contributed by atoms with E-state index in [4.69, 9.17) is 0 Å². The first-order chi connectivity index (χ1) is 7.29. The van der Waals surface area contributed by atoms with Gasteiger partial charge in [-0.05, 0) is 37.7 Å². The minimum Gasteiger partial charge on any atom is -0.310 e. The summed E-state index contributed by atoms with van der Waals surface area (Å²) in [5, 5.41) is 3.67. The smallest absolute Gasteiger partial charge is 0.0208 e. The Balaban J connectivity index is 1.83. The molecule has 0 saturated heterocycles. The van der Waals surface area contributed by atoms with E-state index in [2.05, 4.69) is 43.4 Å². The molecule has 0 radical (unpaired) electrons. The first-order valence-electron chi connectivity index (χ1n) is 6.08. The summed E-state index contributed by atoms with van der Waals surface area (Å²) in [6, 6.07) is 9.57. The van der Waals surface area contributed by atoms with Crippen LogP contribution < -0.4 is 5.32 Å². The highest BCUT2D eigenvalue weighted by Gasteiger charge is 2.29. The SMILES string of the molecule is CCC(NCc1ccc(C)cc1)C1CC1. The largest absolute Gasteiger partial charge is 0.310 e. The van der Waals surface area contributed by atoms with Gasteiger partial charge in [0.1, 0.15) is 0 Å². The Hall–Kier alpha value is -0.820. The van der Waals surface area contributed by atoms with Gasteiger partial charge in [-0.15, -0.1) is 0 Å². The van der Waals surface area contributed by atoms with Gasteiger partial charge in [0.05, 0.1) is 0 Å². The predicted molar refractivity (Wildman–Crippen MR) is 64.8 cm³/mol. The van der Waals surface area contributed by atoms with E-state index in [1.807, 2.05) is 0 Å². The maximum atomic E-state index is 3.67. The number of aryl methyl sites for hydroxylation is 1. The molecule has 1 heteroatoms. The number of hydrogen-bond acceptors (Lipinski definition) is 1. The van der Waals surface area contributed by atoms with E-state index in [1.165, 1.54) is 30.4 Å². The van der Waals surface area contributed by atoms with Gasteiger partial charge in [-0.25, -0.2) is 0 Å². The normalized spacial score (nSPS) is 17.7. The van der Waals surface area contributed by atoms with Crippen molar-refractivity contribution in [1.82, 2.24) is 5.32 Å². The first kappa shape index (κ1) is 10.7. The fraction of sp³-hybridized carbons (Fsp3) is 0.571. The molecule has 1 nitrogen and oxygen atoms in total. The Bertz CT molecular complexity index is 298. The lowest BCUT2D eigenvalue weighted by atomic mass is 10.1. The number of hydrogen-bond donors (Lipinski definition) is 1. The molecular formula is C14H21N. The summed E-state index contributed by atoms with van der Waals surface area (Å²) in [6.07, 6.45) is 4.12. The van der Waals surface area contributed by atoms with E-state index in [0.29, 0.717) is 0 Å². The van der Waals surface area contributed by atoms with Crippen LogP contribution in [0.3, 0.4) is 0 Å². The number of rotatable bonds is 5. The summed E-state index contributed by atoms with van der Waals surface area (Å²) >= 11 is 0. The van der Waals surface area contributed by atoms with Gasteiger partial charge in [0.2, 0.25) is 0 Å². The summed E-state index contributed by atoms with van der Waals surface area (Å²) in [7, 11) is 0. The molecule has 1 aromatic carbocycles. The van der Waals surface area contributed by atoms with E-state index < -0.39 is 0 Å². The molecule has 1 fully saturated rings. The van der Waals surface area contributed by atoms with Crippen molar-refractivity contribution < 1.29 is 0 Å². The zero-order valence-corrected chi connectivity index (χ0v) is 9.79. The van der Waals surface area contributed by atoms with Gasteiger partial charge < -0.3 is 5.32 Å². The molecule has 1 aliphatic rings.